The molecule has 2 rings (SSSR count). The maximum atomic E-state index is 10.9. The molecule has 0 aliphatic carbocycles. The van der Waals surface area contributed by atoms with E-state index in [1.165, 1.54) is 0 Å². The highest BCUT2D eigenvalue weighted by molar-refractivity contribution is 7.88. The van der Waals surface area contributed by atoms with Gasteiger partial charge in [0.05, 0.1) is 6.26 Å². The molecule has 0 saturated heterocycles. The fraction of sp³-hybridized carbons (Fsp3) is 0.250. The molecular formula is C12H15N3O2S. The molecule has 18 heavy (non-hydrogen) atoms. The number of imidazole rings is 1. The van der Waals surface area contributed by atoms with E-state index in [2.05, 4.69) is 14.7 Å². The van der Waals surface area contributed by atoms with Crippen LogP contribution in [0.5, 0.6) is 0 Å². The van der Waals surface area contributed by atoms with E-state index in [0.717, 1.165) is 23.3 Å². The zero-order valence-corrected chi connectivity index (χ0v) is 10.9. The van der Waals surface area contributed by atoms with Crippen LogP contribution in [0, 0.1) is 0 Å². The number of H-pyrrole nitrogens is 1. The van der Waals surface area contributed by atoms with Gasteiger partial charge in [0.1, 0.15) is 5.82 Å². The summed E-state index contributed by atoms with van der Waals surface area (Å²) in [6.45, 7) is 0.370. The van der Waals surface area contributed by atoms with E-state index < -0.39 is 10.0 Å². The average molecular weight is 265 g/mol. The lowest BCUT2D eigenvalue weighted by Gasteiger charge is -2.00. The summed E-state index contributed by atoms with van der Waals surface area (Å²) in [5.74, 6) is 0.796. The summed E-state index contributed by atoms with van der Waals surface area (Å²) in [4.78, 5) is 7.44. The van der Waals surface area contributed by atoms with Crippen LogP contribution in [-0.4, -0.2) is 31.2 Å². The third kappa shape index (κ3) is 3.68. The van der Waals surface area contributed by atoms with Crippen molar-refractivity contribution in [2.24, 2.45) is 0 Å². The first-order chi connectivity index (χ1) is 8.54. The Hall–Kier alpha value is -1.66. The van der Waals surface area contributed by atoms with Crippen LogP contribution >= 0.6 is 0 Å². The van der Waals surface area contributed by atoms with E-state index in [-0.39, 0.29) is 0 Å². The summed E-state index contributed by atoms with van der Waals surface area (Å²) in [6, 6.07) is 9.78. The summed E-state index contributed by atoms with van der Waals surface area (Å²) in [6.07, 6.45) is 3.47. The summed E-state index contributed by atoms with van der Waals surface area (Å²) in [5.41, 5.74) is 1.92. The highest BCUT2D eigenvalue weighted by Crippen LogP contribution is 2.14. The van der Waals surface area contributed by atoms with Gasteiger partial charge in [-0.3, -0.25) is 0 Å². The molecule has 5 nitrogen and oxygen atoms in total. The smallest absolute Gasteiger partial charge is 0.208 e. The molecule has 2 aromatic rings. The number of aromatic nitrogens is 2. The van der Waals surface area contributed by atoms with Crippen molar-refractivity contribution in [3.8, 4) is 11.4 Å². The van der Waals surface area contributed by atoms with Crippen LogP contribution in [0.25, 0.3) is 11.4 Å². The number of sulfonamides is 1. The van der Waals surface area contributed by atoms with Crippen molar-refractivity contribution in [1.29, 1.82) is 0 Å². The molecule has 0 spiro atoms. The third-order valence-electron chi connectivity index (χ3n) is 2.43. The number of hydrogen-bond acceptors (Lipinski definition) is 3. The Morgan fingerprint density at radius 3 is 2.67 bits per heavy atom. The lowest BCUT2D eigenvalue weighted by molar-refractivity contribution is 0.587. The largest absolute Gasteiger partial charge is 0.342 e. The molecule has 0 radical (unpaired) electrons. The van der Waals surface area contributed by atoms with Gasteiger partial charge in [0, 0.05) is 30.4 Å². The van der Waals surface area contributed by atoms with Crippen molar-refractivity contribution in [2.75, 3.05) is 12.8 Å². The Bertz CT molecular complexity index is 605. The van der Waals surface area contributed by atoms with E-state index in [1.807, 2.05) is 30.3 Å². The second kappa shape index (κ2) is 5.32. The minimum absolute atomic E-state index is 0.370. The predicted molar refractivity (Wildman–Crippen MR) is 70.6 cm³/mol. The van der Waals surface area contributed by atoms with Gasteiger partial charge < -0.3 is 4.98 Å². The molecule has 0 amide bonds. The summed E-state index contributed by atoms with van der Waals surface area (Å²) >= 11 is 0. The molecule has 96 valence electrons. The molecule has 0 saturated carbocycles. The molecule has 1 aromatic heterocycles. The van der Waals surface area contributed by atoms with Crippen LogP contribution in [0.4, 0.5) is 0 Å². The fourth-order valence-corrected chi connectivity index (χ4v) is 2.07. The lowest BCUT2D eigenvalue weighted by Crippen LogP contribution is -2.24. The van der Waals surface area contributed by atoms with E-state index in [4.69, 9.17) is 0 Å². The number of rotatable bonds is 5. The van der Waals surface area contributed by atoms with Gasteiger partial charge in [0.25, 0.3) is 0 Å². The van der Waals surface area contributed by atoms with Gasteiger partial charge in [-0.05, 0) is 0 Å². The van der Waals surface area contributed by atoms with Gasteiger partial charge in [-0.1, -0.05) is 30.3 Å². The van der Waals surface area contributed by atoms with Crippen LogP contribution in [0.15, 0.2) is 36.5 Å². The molecule has 0 bridgehead atoms. The highest BCUT2D eigenvalue weighted by Gasteiger charge is 2.04. The number of benzene rings is 1. The van der Waals surface area contributed by atoms with Gasteiger partial charge in [-0.15, -0.1) is 0 Å². The monoisotopic (exact) mass is 265 g/mol. The standard InChI is InChI=1S/C12H15N3O2S/c1-18(16,17)14-8-7-11-9-13-12(15-11)10-5-3-2-4-6-10/h2-6,9,14H,7-8H2,1H3,(H,13,15). The van der Waals surface area contributed by atoms with Crippen molar-refractivity contribution in [3.05, 3.63) is 42.2 Å². The van der Waals surface area contributed by atoms with Gasteiger partial charge in [-0.25, -0.2) is 18.1 Å². The molecule has 0 fully saturated rings. The van der Waals surface area contributed by atoms with Gasteiger partial charge in [-0.2, -0.15) is 0 Å². The average Bonchev–Trinajstić information content (AvgIpc) is 2.77. The molecule has 0 aliphatic heterocycles. The Labute approximate surface area is 106 Å². The van der Waals surface area contributed by atoms with Crippen molar-refractivity contribution in [1.82, 2.24) is 14.7 Å². The first-order valence-corrected chi connectivity index (χ1v) is 7.48. The third-order valence-corrected chi connectivity index (χ3v) is 3.16. The zero-order chi connectivity index (χ0) is 13.0. The number of aromatic amines is 1. The van der Waals surface area contributed by atoms with E-state index in [9.17, 15) is 8.42 Å². The second-order valence-corrected chi connectivity index (χ2v) is 5.87. The summed E-state index contributed by atoms with van der Waals surface area (Å²) < 4.78 is 24.3. The summed E-state index contributed by atoms with van der Waals surface area (Å²) in [7, 11) is -3.12. The van der Waals surface area contributed by atoms with E-state index >= 15 is 0 Å². The Morgan fingerprint density at radius 2 is 2.00 bits per heavy atom. The molecule has 6 heteroatoms. The quantitative estimate of drug-likeness (QED) is 0.852. The second-order valence-electron chi connectivity index (χ2n) is 4.04. The van der Waals surface area contributed by atoms with Gasteiger partial charge in [0.2, 0.25) is 10.0 Å². The van der Waals surface area contributed by atoms with Crippen LogP contribution in [0.2, 0.25) is 0 Å². The summed E-state index contributed by atoms with van der Waals surface area (Å²) in [5, 5.41) is 0. The molecule has 0 unspecified atom stereocenters. The van der Waals surface area contributed by atoms with Crippen molar-refractivity contribution in [3.63, 3.8) is 0 Å². The minimum atomic E-state index is -3.12. The molecule has 2 N–H and O–H groups in total. The van der Waals surface area contributed by atoms with E-state index in [0.29, 0.717) is 13.0 Å². The van der Waals surface area contributed by atoms with Crippen LogP contribution < -0.4 is 4.72 Å². The minimum Gasteiger partial charge on any atom is -0.342 e. The number of nitrogens with zero attached hydrogens (tertiary/aromatic N) is 1. The number of nitrogens with one attached hydrogen (secondary N) is 2. The van der Waals surface area contributed by atoms with Crippen molar-refractivity contribution < 1.29 is 8.42 Å². The molecular weight excluding hydrogens is 250 g/mol. The molecule has 1 heterocycles. The maximum Gasteiger partial charge on any atom is 0.208 e. The topological polar surface area (TPSA) is 74.8 Å². The predicted octanol–water partition coefficient (Wildman–Crippen LogP) is 1.17. The highest BCUT2D eigenvalue weighted by atomic mass is 32.2. The number of hydrogen-bond donors (Lipinski definition) is 2. The zero-order valence-electron chi connectivity index (χ0n) is 10.1. The van der Waals surface area contributed by atoms with Crippen molar-refractivity contribution >= 4 is 10.0 Å². The van der Waals surface area contributed by atoms with Crippen LogP contribution in [-0.2, 0) is 16.4 Å². The molecule has 1 aromatic carbocycles. The Kier molecular flexibility index (Phi) is 3.78. The SMILES string of the molecule is CS(=O)(=O)NCCc1cnc(-c2ccccc2)[nH]1. The lowest BCUT2D eigenvalue weighted by atomic mass is 10.2. The van der Waals surface area contributed by atoms with Crippen LogP contribution in [0.3, 0.4) is 0 Å². The van der Waals surface area contributed by atoms with Crippen LogP contribution in [0.1, 0.15) is 5.69 Å². The van der Waals surface area contributed by atoms with Crippen molar-refractivity contribution in [2.45, 2.75) is 6.42 Å². The molecule has 0 aliphatic rings. The van der Waals surface area contributed by atoms with E-state index in [1.54, 1.807) is 6.20 Å². The first-order valence-electron chi connectivity index (χ1n) is 5.58. The Balaban J connectivity index is 1.99. The Morgan fingerprint density at radius 1 is 1.28 bits per heavy atom. The molecule has 0 atom stereocenters. The normalized spacial score (nSPS) is 11.6. The van der Waals surface area contributed by atoms with Gasteiger partial charge in [0.15, 0.2) is 0 Å². The maximum absolute atomic E-state index is 10.9. The van der Waals surface area contributed by atoms with Gasteiger partial charge >= 0.3 is 0 Å². The fourth-order valence-electron chi connectivity index (χ4n) is 1.60. The first kappa shape index (κ1) is 12.8.